The Labute approximate surface area is 162 Å². The standard InChI is InChI=1S/C21H22N2O5/c1-4-27-20(24)17-12-22-19(21(25)28-5-2)18(17)14-10-11-23(13-14)15-6-8-16(26-3)9-7-15/h6-13,22H,4-5H2,1-3H3. The molecule has 0 radical (unpaired) electrons. The number of rotatable bonds is 7. The monoisotopic (exact) mass is 382 g/mol. The van der Waals surface area contributed by atoms with E-state index in [1.165, 1.54) is 6.20 Å². The van der Waals surface area contributed by atoms with Gasteiger partial charge in [0.05, 0.1) is 25.9 Å². The predicted molar refractivity (Wildman–Crippen MR) is 104 cm³/mol. The fourth-order valence-electron chi connectivity index (χ4n) is 2.92. The molecule has 0 spiro atoms. The average molecular weight is 382 g/mol. The summed E-state index contributed by atoms with van der Waals surface area (Å²) < 4.78 is 17.3. The molecule has 0 amide bonds. The molecule has 0 bridgehead atoms. The van der Waals surface area contributed by atoms with Gasteiger partial charge in [0.1, 0.15) is 11.4 Å². The van der Waals surface area contributed by atoms with E-state index in [2.05, 4.69) is 4.98 Å². The Bertz CT molecular complexity index is 934. The summed E-state index contributed by atoms with van der Waals surface area (Å²) in [5.41, 5.74) is 2.58. The molecule has 0 saturated carbocycles. The third kappa shape index (κ3) is 3.78. The number of aromatic nitrogens is 2. The van der Waals surface area contributed by atoms with Crippen molar-refractivity contribution in [1.82, 2.24) is 9.55 Å². The lowest BCUT2D eigenvalue weighted by molar-refractivity contribution is 0.0519. The van der Waals surface area contributed by atoms with Gasteiger partial charge in [-0.25, -0.2) is 9.59 Å². The van der Waals surface area contributed by atoms with Crippen molar-refractivity contribution >= 4 is 11.9 Å². The number of carbonyl (C=O) groups is 2. The third-order valence-corrected chi connectivity index (χ3v) is 4.21. The van der Waals surface area contributed by atoms with E-state index in [9.17, 15) is 9.59 Å². The van der Waals surface area contributed by atoms with Crippen LogP contribution in [-0.4, -0.2) is 41.8 Å². The van der Waals surface area contributed by atoms with Gasteiger partial charge in [0.15, 0.2) is 0 Å². The molecule has 3 aromatic rings. The van der Waals surface area contributed by atoms with Gasteiger partial charge >= 0.3 is 11.9 Å². The minimum Gasteiger partial charge on any atom is -0.497 e. The van der Waals surface area contributed by atoms with Crippen LogP contribution in [0.1, 0.15) is 34.7 Å². The Morgan fingerprint density at radius 3 is 2.32 bits per heavy atom. The topological polar surface area (TPSA) is 82.5 Å². The number of nitrogens with zero attached hydrogens (tertiary/aromatic N) is 1. The SMILES string of the molecule is CCOC(=O)c1c[nH]c(C(=O)OCC)c1-c1ccn(-c2ccc(OC)cc2)c1. The summed E-state index contributed by atoms with van der Waals surface area (Å²) in [6.07, 6.45) is 5.18. The Morgan fingerprint density at radius 1 is 1.00 bits per heavy atom. The molecule has 0 aliphatic heterocycles. The molecule has 0 fully saturated rings. The first-order chi connectivity index (χ1) is 13.6. The molecule has 0 unspecified atom stereocenters. The molecular weight excluding hydrogens is 360 g/mol. The summed E-state index contributed by atoms with van der Waals surface area (Å²) in [7, 11) is 1.61. The number of methoxy groups -OCH3 is 1. The lowest BCUT2D eigenvalue weighted by atomic mass is 10.0. The van der Waals surface area contributed by atoms with Gasteiger partial charge in [-0.2, -0.15) is 0 Å². The van der Waals surface area contributed by atoms with Crippen molar-refractivity contribution in [2.75, 3.05) is 20.3 Å². The zero-order valence-corrected chi connectivity index (χ0v) is 16.0. The number of nitrogens with one attached hydrogen (secondary N) is 1. The third-order valence-electron chi connectivity index (χ3n) is 4.21. The summed E-state index contributed by atoms with van der Waals surface area (Å²) in [6, 6.07) is 9.38. The molecule has 146 valence electrons. The normalized spacial score (nSPS) is 10.5. The summed E-state index contributed by atoms with van der Waals surface area (Å²) in [5, 5.41) is 0. The van der Waals surface area contributed by atoms with Gasteiger partial charge < -0.3 is 23.8 Å². The van der Waals surface area contributed by atoms with Crippen LogP contribution in [0.25, 0.3) is 16.8 Å². The largest absolute Gasteiger partial charge is 0.497 e. The molecule has 0 atom stereocenters. The highest BCUT2D eigenvalue weighted by Crippen LogP contribution is 2.30. The van der Waals surface area contributed by atoms with Gasteiger partial charge in [-0.1, -0.05) is 0 Å². The van der Waals surface area contributed by atoms with Crippen LogP contribution in [0.4, 0.5) is 0 Å². The lowest BCUT2D eigenvalue weighted by Crippen LogP contribution is -2.08. The summed E-state index contributed by atoms with van der Waals surface area (Å²) in [4.78, 5) is 27.6. The van der Waals surface area contributed by atoms with Crippen LogP contribution < -0.4 is 4.74 Å². The molecule has 2 aromatic heterocycles. The first kappa shape index (κ1) is 19.3. The number of hydrogen-bond donors (Lipinski definition) is 1. The van der Waals surface area contributed by atoms with E-state index in [4.69, 9.17) is 14.2 Å². The van der Waals surface area contributed by atoms with Gasteiger partial charge in [0.2, 0.25) is 0 Å². The van der Waals surface area contributed by atoms with Gasteiger partial charge in [-0.05, 0) is 44.2 Å². The maximum Gasteiger partial charge on any atom is 0.355 e. The molecule has 1 aromatic carbocycles. The van der Waals surface area contributed by atoms with Crippen LogP contribution in [0.15, 0.2) is 48.9 Å². The van der Waals surface area contributed by atoms with E-state index in [0.717, 1.165) is 11.4 Å². The van der Waals surface area contributed by atoms with Crippen molar-refractivity contribution in [2.24, 2.45) is 0 Å². The Hall–Kier alpha value is -3.48. The molecule has 7 heteroatoms. The number of H-pyrrole nitrogens is 1. The molecular formula is C21H22N2O5. The highest BCUT2D eigenvalue weighted by atomic mass is 16.5. The number of benzene rings is 1. The second-order valence-corrected chi connectivity index (χ2v) is 5.90. The highest BCUT2D eigenvalue weighted by molar-refractivity contribution is 6.05. The minimum atomic E-state index is -0.523. The second kappa shape index (κ2) is 8.47. The smallest absolute Gasteiger partial charge is 0.355 e. The molecule has 7 nitrogen and oxygen atoms in total. The maximum absolute atomic E-state index is 12.4. The fourth-order valence-corrected chi connectivity index (χ4v) is 2.92. The van der Waals surface area contributed by atoms with Crippen LogP contribution in [0.2, 0.25) is 0 Å². The highest BCUT2D eigenvalue weighted by Gasteiger charge is 2.25. The minimum absolute atomic E-state index is 0.220. The number of esters is 2. The summed E-state index contributed by atoms with van der Waals surface area (Å²) >= 11 is 0. The number of carbonyl (C=O) groups excluding carboxylic acids is 2. The summed E-state index contributed by atoms with van der Waals surface area (Å²) in [6.45, 7) is 3.94. The van der Waals surface area contributed by atoms with Gasteiger partial charge in [-0.15, -0.1) is 0 Å². The quantitative estimate of drug-likeness (QED) is 0.628. The van der Waals surface area contributed by atoms with Crippen LogP contribution in [0.3, 0.4) is 0 Å². The molecule has 2 heterocycles. The second-order valence-electron chi connectivity index (χ2n) is 5.90. The van der Waals surface area contributed by atoms with Gasteiger partial charge in [0, 0.05) is 35.4 Å². The Kier molecular flexibility index (Phi) is 5.84. The van der Waals surface area contributed by atoms with E-state index in [0.29, 0.717) is 11.1 Å². The van der Waals surface area contributed by atoms with Crippen molar-refractivity contribution in [3.63, 3.8) is 0 Å². The van der Waals surface area contributed by atoms with Crippen molar-refractivity contribution in [1.29, 1.82) is 0 Å². The van der Waals surface area contributed by atoms with Gasteiger partial charge in [-0.3, -0.25) is 0 Å². The average Bonchev–Trinajstić information content (AvgIpc) is 3.35. The van der Waals surface area contributed by atoms with E-state index in [1.54, 1.807) is 21.0 Å². The van der Waals surface area contributed by atoms with Crippen LogP contribution in [-0.2, 0) is 9.47 Å². The van der Waals surface area contributed by atoms with E-state index in [1.807, 2.05) is 47.3 Å². The van der Waals surface area contributed by atoms with Crippen molar-refractivity contribution in [3.8, 4) is 22.6 Å². The Morgan fingerprint density at radius 2 is 1.68 bits per heavy atom. The molecule has 0 saturated heterocycles. The summed E-state index contributed by atoms with van der Waals surface area (Å²) in [5.74, 6) is -0.261. The molecule has 28 heavy (non-hydrogen) atoms. The number of hydrogen-bond acceptors (Lipinski definition) is 5. The number of ether oxygens (including phenoxy) is 3. The van der Waals surface area contributed by atoms with Crippen molar-refractivity contribution < 1.29 is 23.8 Å². The van der Waals surface area contributed by atoms with E-state index >= 15 is 0 Å². The maximum atomic E-state index is 12.4. The van der Waals surface area contributed by atoms with E-state index < -0.39 is 11.9 Å². The fraction of sp³-hybridized carbons (Fsp3) is 0.238. The van der Waals surface area contributed by atoms with Gasteiger partial charge in [0.25, 0.3) is 0 Å². The van der Waals surface area contributed by atoms with Crippen molar-refractivity contribution in [3.05, 3.63) is 60.2 Å². The first-order valence-corrected chi connectivity index (χ1v) is 8.97. The van der Waals surface area contributed by atoms with Crippen LogP contribution in [0.5, 0.6) is 5.75 Å². The number of aromatic amines is 1. The molecule has 0 aliphatic rings. The predicted octanol–water partition coefficient (Wildman–Crippen LogP) is 3.83. The van der Waals surface area contributed by atoms with Crippen LogP contribution in [0, 0.1) is 0 Å². The van der Waals surface area contributed by atoms with E-state index in [-0.39, 0.29) is 24.5 Å². The zero-order valence-electron chi connectivity index (χ0n) is 16.0. The molecule has 0 aliphatic carbocycles. The van der Waals surface area contributed by atoms with Crippen LogP contribution >= 0.6 is 0 Å². The zero-order chi connectivity index (χ0) is 20.1. The molecule has 1 N–H and O–H groups in total. The first-order valence-electron chi connectivity index (χ1n) is 8.97. The van der Waals surface area contributed by atoms with Crippen molar-refractivity contribution in [2.45, 2.75) is 13.8 Å². The lowest BCUT2D eigenvalue weighted by Gasteiger charge is -2.07. The Balaban J connectivity index is 2.03. The molecule has 3 rings (SSSR count).